The summed E-state index contributed by atoms with van der Waals surface area (Å²) in [6.45, 7) is 0. The summed E-state index contributed by atoms with van der Waals surface area (Å²) in [5.41, 5.74) is -3.83. The van der Waals surface area contributed by atoms with E-state index >= 15 is 0 Å². The number of nitro benzene ring substituents is 2. The van der Waals surface area contributed by atoms with Crippen LogP contribution in [0.5, 0.6) is 0 Å². The molecule has 216 valence electrons. The van der Waals surface area contributed by atoms with Gasteiger partial charge in [-0.15, -0.1) is 0 Å². The Balaban J connectivity index is 1.75. The molecule has 0 aliphatic heterocycles. The second-order valence-electron chi connectivity index (χ2n) is 8.70. The Morgan fingerprint density at radius 3 is 2.21 bits per heavy atom. The molecule has 3 aromatic carbocycles. The number of fused-ring (bicyclic) bond motifs is 1. The van der Waals surface area contributed by atoms with Crippen LogP contribution in [0.25, 0.3) is 11.0 Å². The van der Waals surface area contributed by atoms with Gasteiger partial charge in [0.05, 0.1) is 28.0 Å². The van der Waals surface area contributed by atoms with Gasteiger partial charge < -0.3 is 15.0 Å². The predicted molar refractivity (Wildman–Crippen MR) is 145 cm³/mol. The van der Waals surface area contributed by atoms with Crippen LogP contribution >= 0.6 is 0 Å². The average Bonchev–Trinajstić information content (AvgIpc) is 3.00. The molecule has 0 saturated heterocycles. The third-order valence-corrected chi connectivity index (χ3v) is 6.06. The van der Waals surface area contributed by atoms with Crippen molar-refractivity contribution >= 4 is 57.3 Å². The van der Waals surface area contributed by atoms with E-state index in [2.05, 4.69) is 14.7 Å². The van der Waals surface area contributed by atoms with E-state index in [0.717, 1.165) is 13.2 Å². The van der Waals surface area contributed by atoms with Gasteiger partial charge in [-0.3, -0.25) is 44.2 Å². The Hall–Kier alpha value is -6.45. The quantitative estimate of drug-likeness (QED) is 0.0676. The Bertz CT molecular complexity index is 1920. The number of benzene rings is 3. The molecular formula is C27H17N5O11. The molecule has 1 unspecified atom stereocenters. The maximum atomic E-state index is 13.2. The van der Waals surface area contributed by atoms with Crippen molar-refractivity contribution in [1.29, 1.82) is 0 Å². The van der Waals surface area contributed by atoms with E-state index in [1.54, 1.807) is 30.3 Å². The smallest absolute Gasteiger partial charge is 0.375 e. The fourth-order valence-electron chi connectivity index (χ4n) is 3.99. The van der Waals surface area contributed by atoms with Crippen LogP contribution in [-0.2, 0) is 23.9 Å². The molecule has 1 aromatic heterocycles. The number of esters is 1. The number of aromatic nitrogens is 2. The third-order valence-electron chi connectivity index (χ3n) is 6.06. The van der Waals surface area contributed by atoms with Gasteiger partial charge >= 0.3 is 5.97 Å². The van der Waals surface area contributed by atoms with Gasteiger partial charge in [0, 0.05) is 29.3 Å². The summed E-state index contributed by atoms with van der Waals surface area (Å²) in [5, 5.41) is 24.3. The number of aromatic amines is 1. The van der Waals surface area contributed by atoms with Crippen LogP contribution < -0.4 is 10.9 Å². The number of carbonyl (C=O) groups is 5. The SMILES string of the molecule is COC(=O)C(=O)C(C(=O)C(=O)Nc1cc([N+](=O)[O-])ccc1[N+](=O)[O-])c1nc2ccc(C(=O)c3ccccc3)cc2[nH]c1=O. The van der Waals surface area contributed by atoms with Crippen molar-refractivity contribution in [3.63, 3.8) is 0 Å². The second-order valence-corrected chi connectivity index (χ2v) is 8.70. The van der Waals surface area contributed by atoms with Crippen LogP contribution in [0.15, 0.2) is 71.5 Å². The lowest BCUT2D eigenvalue weighted by Gasteiger charge is -2.13. The van der Waals surface area contributed by atoms with Gasteiger partial charge in [-0.2, -0.15) is 0 Å². The minimum absolute atomic E-state index is 0.0175. The summed E-state index contributed by atoms with van der Waals surface area (Å²) >= 11 is 0. The summed E-state index contributed by atoms with van der Waals surface area (Å²) in [4.78, 5) is 104. The van der Waals surface area contributed by atoms with E-state index in [4.69, 9.17) is 0 Å². The molecule has 0 aliphatic rings. The number of nitrogens with one attached hydrogen (secondary N) is 2. The molecule has 0 fully saturated rings. The number of ketones is 3. The molecule has 4 rings (SSSR count). The fraction of sp³-hybridized carbons (Fsp3) is 0.0741. The number of methoxy groups -OCH3 is 1. The first-order valence-electron chi connectivity index (χ1n) is 12.0. The van der Waals surface area contributed by atoms with E-state index in [9.17, 15) is 49.0 Å². The molecule has 0 spiro atoms. The van der Waals surface area contributed by atoms with Crippen molar-refractivity contribution in [3.8, 4) is 0 Å². The van der Waals surface area contributed by atoms with Crippen molar-refractivity contribution in [3.05, 3.63) is 114 Å². The zero-order chi connectivity index (χ0) is 31.4. The first kappa shape index (κ1) is 29.5. The highest BCUT2D eigenvalue weighted by atomic mass is 16.6. The number of nitrogens with zero attached hydrogens (tertiary/aromatic N) is 3. The van der Waals surface area contributed by atoms with Gasteiger partial charge in [0.25, 0.3) is 28.6 Å². The molecular weight excluding hydrogens is 570 g/mol. The number of amides is 1. The Labute approximate surface area is 238 Å². The number of rotatable bonds is 10. The van der Waals surface area contributed by atoms with E-state index < -0.39 is 67.5 Å². The fourth-order valence-corrected chi connectivity index (χ4v) is 3.99. The van der Waals surface area contributed by atoms with Crippen LogP contribution in [0.4, 0.5) is 17.1 Å². The van der Waals surface area contributed by atoms with Crippen molar-refractivity contribution < 1.29 is 38.6 Å². The highest BCUT2D eigenvalue weighted by molar-refractivity contribution is 6.52. The molecule has 0 radical (unpaired) electrons. The van der Waals surface area contributed by atoms with Crippen LogP contribution in [-0.4, -0.2) is 56.2 Å². The minimum Gasteiger partial charge on any atom is -0.463 e. The van der Waals surface area contributed by atoms with E-state index in [1.165, 1.54) is 18.2 Å². The first-order chi connectivity index (χ1) is 20.4. The standard InChI is InChI=1S/C27H17N5O11/c1-43-27(38)24(35)20(23(34)26(37)30-18-12-15(31(39)40)8-10-19(18)32(41)42)21-25(36)29-17-11-14(7-9-16(17)28-21)22(33)13-5-3-2-4-6-13/h2-12,20H,1H3,(H,29,36)(H,30,37). The first-order valence-corrected chi connectivity index (χ1v) is 12.0. The summed E-state index contributed by atoms with van der Waals surface area (Å²) in [6.07, 6.45) is 0. The third kappa shape index (κ3) is 6.02. The maximum absolute atomic E-state index is 13.2. The number of H-pyrrole nitrogens is 1. The number of Topliss-reactive ketones (excluding diaryl/α,β-unsaturated/α-hetero) is 2. The van der Waals surface area contributed by atoms with Crippen LogP contribution in [0, 0.1) is 20.2 Å². The summed E-state index contributed by atoms with van der Waals surface area (Å²) in [6, 6.07) is 14.3. The van der Waals surface area contributed by atoms with Gasteiger partial charge in [0.2, 0.25) is 5.78 Å². The van der Waals surface area contributed by atoms with Crippen molar-refractivity contribution in [2.45, 2.75) is 5.92 Å². The van der Waals surface area contributed by atoms with Gasteiger partial charge in [0.1, 0.15) is 17.3 Å². The molecule has 1 heterocycles. The Morgan fingerprint density at radius 1 is 0.884 bits per heavy atom. The zero-order valence-corrected chi connectivity index (χ0v) is 21.8. The molecule has 16 heteroatoms. The van der Waals surface area contributed by atoms with Crippen molar-refractivity contribution in [2.75, 3.05) is 12.4 Å². The predicted octanol–water partition coefficient (Wildman–Crippen LogP) is 2.00. The van der Waals surface area contributed by atoms with Crippen molar-refractivity contribution in [1.82, 2.24) is 9.97 Å². The van der Waals surface area contributed by atoms with Gasteiger partial charge in [-0.1, -0.05) is 30.3 Å². The summed E-state index contributed by atoms with van der Waals surface area (Å²) < 4.78 is 4.35. The summed E-state index contributed by atoms with van der Waals surface area (Å²) in [5.74, 6) is -9.60. The second kappa shape index (κ2) is 12.0. The molecule has 16 nitrogen and oxygen atoms in total. The molecule has 1 atom stereocenters. The number of carbonyl (C=O) groups excluding carboxylic acids is 5. The number of ether oxygens (including phenoxy) is 1. The number of nitro groups is 2. The average molecular weight is 587 g/mol. The molecule has 2 N–H and O–H groups in total. The molecule has 43 heavy (non-hydrogen) atoms. The monoisotopic (exact) mass is 587 g/mol. The number of hydrogen-bond acceptors (Lipinski definition) is 12. The Kier molecular flexibility index (Phi) is 8.22. The lowest BCUT2D eigenvalue weighted by molar-refractivity contribution is -0.388. The van der Waals surface area contributed by atoms with E-state index in [0.29, 0.717) is 17.7 Å². The Morgan fingerprint density at radius 2 is 1.58 bits per heavy atom. The van der Waals surface area contributed by atoms with E-state index in [1.807, 2.05) is 5.32 Å². The molecule has 0 saturated carbocycles. The highest BCUT2D eigenvalue weighted by Crippen LogP contribution is 2.29. The minimum atomic E-state index is -2.47. The molecule has 0 aliphatic carbocycles. The maximum Gasteiger partial charge on any atom is 0.375 e. The largest absolute Gasteiger partial charge is 0.463 e. The normalized spacial score (nSPS) is 11.3. The number of hydrogen-bond donors (Lipinski definition) is 2. The lowest BCUT2D eigenvalue weighted by atomic mass is 9.94. The lowest BCUT2D eigenvalue weighted by Crippen LogP contribution is -2.39. The van der Waals surface area contributed by atoms with E-state index in [-0.39, 0.29) is 22.4 Å². The van der Waals surface area contributed by atoms with Crippen LogP contribution in [0.3, 0.4) is 0 Å². The molecule has 0 bridgehead atoms. The summed E-state index contributed by atoms with van der Waals surface area (Å²) in [7, 11) is 0.803. The topological polar surface area (TPSA) is 239 Å². The van der Waals surface area contributed by atoms with Crippen molar-refractivity contribution in [2.24, 2.45) is 0 Å². The zero-order valence-electron chi connectivity index (χ0n) is 21.8. The van der Waals surface area contributed by atoms with Gasteiger partial charge in [-0.25, -0.2) is 9.78 Å². The van der Waals surface area contributed by atoms with Gasteiger partial charge in [0.15, 0.2) is 5.78 Å². The van der Waals surface area contributed by atoms with Gasteiger partial charge in [-0.05, 0) is 18.2 Å². The number of non-ortho nitro benzene ring substituents is 1. The van der Waals surface area contributed by atoms with Crippen LogP contribution in [0.2, 0.25) is 0 Å². The highest BCUT2D eigenvalue weighted by Gasteiger charge is 2.41. The molecule has 1 amide bonds. The number of anilines is 1. The van der Waals surface area contributed by atoms with Crippen LogP contribution in [0.1, 0.15) is 27.5 Å². The molecule has 4 aromatic rings.